The van der Waals surface area contributed by atoms with Gasteiger partial charge in [-0.3, -0.25) is 0 Å². The lowest BCUT2D eigenvalue weighted by Crippen LogP contribution is -2.02. The van der Waals surface area contributed by atoms with Crippen LogP contribution >= 0.6 is 0 Å². The van der Waals surface area contributed by atoms with Crippen molar-refractivity contribution in [2.45, 2.75) is 6.42 Å². The third kappa shape index (κ3) is 7.54. The molecule has 84 valence electrons. The molecule has 0 aliphatic carbocycles. The van der Waals surface area contributed by atoms with E-state index in [1.807, 2.05) is 16.8 Å². The fraction of sp³-hybridized carbons (Fsp3) is 0.125. The van der Waals surface area contributed by atoms with E-state index in [0.29, 0.717) is 0 Å². The van der Waals surface area contributed by atoms with Crippen LogP contribution in [0.3, 0.4) is 0 Å². The highest BCUT2D eigenvalue weighted by molar-refractivity contribution is 6.50. The lowest BCUT2D eigenvalue weighted by atomic mass is 10.3. The monoisotopic (exact) mass is 221 g/mol. The van der Waals surface area contributed by atoms with Gasteiger partial charge in [-0.05, 0) is 0 Å². The summed E-state index contributed by atoms with van der Waals surface area (Å²) < 4.78 is 40.9. The van der Waals surface area contributed by atoms with Crippen LogP contribution in [0.25, 0.3) is 6.20 Å². The fourth-order valence-corrected chi connectivity index (χ4v) is 0.797. The maximum absolute atomic E-state index is 9.75. The average molecular weight is 221 g/mol. The van der Waals surface area contributed by atoms with Crippen molar-refractivity contribution in [3.63, 3.8) is 0 Å². The van der Waals surface area contributed by atoms with Gasteiger partial charge in [0.1, 0.15) is 5.82 Å². The Labute approximate surface area is 85.0 Å². The fourth-order valence-electron chi connectivity index (χ4n) is 0.797. The summed E-state index contributed by atoms with van der Waals surface area (Å²) >= 11 is 0. The predicted molar refractivity (Wildman–Crippen MR) is 52.7 cm³/mol. The number of imidazole rings is 1. The molecule has 0 fully saturated rings. The van der Waals surface area contributed by atoms with E-state index in [4.69, 9.17) is 0 Å². The molecular formula is C8H10BF4N2-. The Kier molecular flexibility index (Phi) is 5.44. The van der Waals surface area contributed by atoms with Crippen LogP contribution in [-0.4, -0.2) is 16.8 Å². The first-order valence-electron chi connectivity index (χ1n) is 4.01. The van der Waals surface area contributed by atoms with Crippen LogP contribution in [0.4, 0.5) is 17.3 Å². The summed E-state index contributed by atoms with van der Waals surface area (Å²) in [5, 5.41) is 0. The van der Waals surface area contributed by atoms with Crippen molar-refractivity contribution in [2.24, 2.45) is 0 Å². The van der Waals surface area contributed by atoms with Crippen molar-refractivity contribution in [1.29, 1.82) is 0 Å². The molecule has 2 nitrogen and oxygen atoms in total. The van der Waals surface area contributed by atoms with Crippen LogP contribution in [0.1, 0.15) is 5.82 Å². The molecule has 0 unspecified atom stereocenters. The van der Waals surface area contributed by atoms with Gasteiger partial charge in [0.15, 0.2) is 0 Å². The van der Waals surface area contributed by atoms with E-state index in [0.717, 1.165) is 12.2 Å². The van der Waals surface area contributed by atoms with Crippen LogP contribution < -0.4 is 0 Å². The number of rotatable bonds is 3. The van der Waals surface area contributed by atoms with Gasteiger partial charge in [0.05, 0.1) is 0 Å². The lowest BCUT2D eigenvalue weighted by Gasteiger charge is -1.95. The number of hydrogen-bond donors (Lipinski definition) is 0. The normalized spacial score (nSPS) is 10.1. The second-order valence-electron chi connectivity index (χ2n) is 2.42. The Balaban J connectivity index is 0.000000336. The summed E-state index contributed by atoms with van der Waals surface area (Å²) in [7, 11) is -6.00. The predicted octanol–water partition coefficient (Wildman–Crippen LogP) is 3.01. The van der Waals surface area contributed by atoms with Crippen LogP contribution in [0.15, 0.2) is 31.6 Å². The Morgan fingerprint density at radius 3 is 2.27 bits per heavy atom. The van der Waals surface area contributed by atoms with E-state index in [9.17, 15) is 17.3 Å². The largest absolute Gasteiger partial charge is 0.673 e. The Bertz CT molecular complexity index is 313. The molecule has 0 atom stereocenters. The second-order valence-corrected chi connectivity index (χ2v) is 2.42. The Morgan fingerprint density at radius 2 is 1.87 bits per heavy atom. The van der Waals surface area contributed by atoms with Gasteiger partial charge in [-0.15, -0.1) is 6.58 Å². The lowest BCUT2D eigenvalue weighted by molar-refractivity contribution is 0.368. The van der Waals surface area contributed by atoms with E-state index in [1.54, 1.807) is 12.4 Å². The van der Waals surface area contributed by atoms with Crippen LogP contribution in [0.2, 0.25) is 0 Å². The number of allylic oxidation sites excluding steroid dienone is 1. The first kappa shape index (κ1) is 13.5. The summed E-state index contributed by atoms with van der Waals surface area (Å²) in [6, 6.07) is 0. The van der Waals surface area contributed by atoms with E-state index in [-0.39, 0.29) is 0 Å². The summed E-state index contributed by atoms with van der Waals surface area (Å²) in [6.07, 6.45) is 7.96. The molecule has 1 heterocycles. The zero-order valence-corrected chi connectivity index (χ0v) is 7.91. The van der Waals surface area contributed by atoms with E-state index >= 15 is 0 Å². The highest BCUT2D eigenvalue weighted by Gasteiger charge is 2.20. The summed E-state index contributed by atoms with van der Waals surface area (Å²) in [5.41, 5.74) is 0. The molecule has 0 N–H and O–H groups in total. The van der Waals surface area contributed by atoms with Crippen molar-refractivity contribution >= 4 is 13.5 Å². The van der Waals surface area contributed by atoms with Gasteiger partial charge >= 0.3 is 7.25 Å². The highest BCUT2D eigenvalue weighted by Crippen LogP contribution is 2.06. The van der Waals surface area contributed by atoms with E-state index in [1.165, 1.54) is 0 Å². The third-order valence-corrected chi connectivity index (χ3v) is 1.27. The molecule has 1 rings (SSSR count). The zero-order valence-electron chi connectivity index (χ0n) is 7.91. The van der Waals surface area contributed by atoms with Crippen molar-refractivity contribution < 1.29 is 17.3 Å². The van der Waals surface area contributed by atoms with Crippen LogP contribution in [-0.2, 0) is 6.42 Å². The average Bonchev–Trinajstić information content (AvgIpc) is 2.49. The SMILES string of the molecule is C=CCc1nccn1C=C.F[B-](F)(F)F. The number of nitrogens with zero attached hydrogens (tertiary/aromatic N) is 2. The standard InChI is InChI=1S/C8H10N2.BF4/c1-3-5-8-9-6-7-10(8)4-2;2-1(3,4)5/h3-4,6-7H,1-2,5H2;/q;-1. The molecule has 0 spiro atoms. The van der Waals surface area contributed by atoms with E-state index in [2.05, 4.69) is 18.1 Å². The van der Waals surface area contributed by atoms with Crippen LogP contribution in [0.5, 0.6) is 0 Å². The summed E-state index contributed by atoms with van der Waals surface area (Å²) in [6.45, 7) is 7.26. The van der Waals surface area contributed by atoms with Crippen molar-refractivity contribution in [3.8, 4) is 0 Å². The molecular weight excluding hydrogens is 211 g/mol. The van der Waals surface area contributed by atoms with Crippen molar-refractivity contribution in [1.82, 2.24) is 9.55 Å². The van der Waals surface area contributed by atoms with Gasteiger partial charge in [-0.25, -0.2) is 4.98 Å². The molecule has 0 saturated heterocycles. The van der Waals surface area contributed by atoms with Gasteiger partial charge in [0.25, 0.3) is 0 Å². The summed E-state index contributed by atoms with van der Waals surface area (Å²) in [4.78, 5) is 4.10. The molecule has 0 aliphatic rings. The molecule has 0 saturated carbocycles. The molecule has 0 bridgehead atoms. The first-order valence-corrected chi connectivity index (χ1v) is 4.01. The molecule has 0 aromatic carbocycles. The number of hydrogen-bond acceptors (Lipinski definition) is 1. The molecule has 0 radical (unpaired) electrons. The molecule has 7 heteroatoms. The van der Waals surface area contributed by atoms with Gasteiger partial charge in [-0.1, -0.05) is 12.7 Å². The molecule has 1 aromatic rings. The maximum atomic E-state index is 9.75. The smallest absolute Gasteiger partial charge is 0.418 e. The molecule has 0 amide bonds. The second kappa shape index (κ2) is 6.05. The first-order chi connectivity index (χ1) is 6.88. The van der Waals surface area contributed by atoms with Crippen molar-refractivity contribution in [3.05, 3.63) is 37.5 Å². The Morgan fingerprint density at radius 1 is 1.33 bits per heavy atom. The molecule has 1 aromatic heterocycles. The van der Waals surface area contributed by atoms with Gasteiger partial charge in [0.2, 0.25) is 0 Å². The number of halogens is 4. The molecule has 0 aliphatic heterocycles. The third-order valence-electron chi connectivity index (χ3n) is 1.27. The van der Waals surface area contributed by atoms with E-state index < -0.39 is 7.25 Å². The minimum absolute atomic E-state index is 0.791. The minimum atomic E-state index is -6.00. The highest BCUT2D eigenvalue weighted by atomic mass is 19.5. The van der Waals surface area contributed by atoms with Gasteiger partial charge < -0.3 is 21.8 Å². The maximum Gasteiger partial charge on any atom is 0.673 e. The molecule has 15 heavy (non-hydrogen) atoms. The number of aromatic nitrogens is 2. The summed E-state index contributed by atoms with van der Waals surface area (Å²) in [5.74, 6) is 0.977. The Hall–Kier alpha value is -1.53. The zero-order chi connectivity index (χ0) is 11.9. The van der Waals surface area contributed by atoms with Gasteiger partial charge in [0, 0.05) is 25.0 Å². The van der Waals surface area contributed by atoms with Gasteiger partial charge in [-0.2, -0.15) is 0 Å². The van der Waals surface area contributed by atoms with Crippen LogP contribution in [0, 0.1) is 0 Å². The topological polar surface area (TPSA) is 17.8 Å². The quantitative estimate of drug-likeness (QED) is 0.435. The minimum Gasteiger partial charge on any atom is -0.418 e. The van der Waals surface area contributed by atoms with Crippen molar-refractivity contribution in [2.75, 3.05) is 0 Å².